The van der Waals surface area contributed by atoms with Gasteiger partial charge in [-0.3, -0.25) is 0 Å². The highest BCUT2D eigenvalue weighted by Gasteiger charge is 2.29. The average Bonchev–Trinajstić information content (AvgIpc) is 2.95. The highest BCUT2D eigenvalue weighted by molar-refractivity contribution is 5.91. The summed E-state index contributed by atoms with van der Waals surface area (Å²) in [5.74, 6) is 0.228. The first-order chi connectivity index (χ1) is 10.9. The number of anilines is 1. The number of carbonyl (C=O) groups excluding carboxylic acids is 1. The molecule has 1 aliphatic rings. The Morgan fingerprint density at radius 1 is 1.39 bits per heavy atom. The molecule has 1 aliphatic heterocycles. The van der Waals surface area contributed by atoms with Crippen LogP contribution in [0.3, 0.4) is 0 Å². The van der Waals surface area contributed by atoms with E-state index in [4.69, 9.17) is 9.84 Å². The number of ether oxygens (including phenoxy) is 1. The Labute approximate surface area is 132 Å². The summed E-state index contributed by atoms with van der Waals surface area (Å²) < 4.78 is 41.5. The summed E-state index contributed by atoms with van der Waals surface area (Å²) in [4.78, 5) is 13.8. The molecule has 2 amide bonds. The molecule has 0 saturated carbocycles. The lowest BCUT2D eigenvalue weighted by atomic mass is 10.1. The summed E-state index contributed by atoms with van der Waals surface area (Å²) in [7, 11) is 0. The number of likely N-dealkylation sites (tertiary alicyclic amines) is 1. The molecule has 0 spiro atoms. The molecule has 5 nitrogen and oxygen atoms in total. The van der Waals surface area contributed by atoms with Crippen LogP contribution in [0.5, 0.6) is 5.75 Å². The SMILES string of the molecule is O=C(Nc1ccccc1OCC(F)(F)F)N1CCC(CCO)C1. The molecule has 8 heteroatoms. The monoisotopic (exact) mass is 332 g/mol. The molecule has 1 heterocycles. The van der Waals surface area contributed by atoms with E-state index in [0.717, 1.165) is 6.42 Å². The van der Waals surface area contributed by atoms with Gasteiger partial charge < -0.3 is 20.1 Å². The minimum absolute atomic E-state index is 0.0238. The first-order valence-corrected chi connectivity index (χ1v) is 7.34. The quantitative estimate of drug-likeness (QED) is 0.872. The molecule has 0 bridgehead atoms. The van der Waals surface area contributed by atoms with Crippen molar-refractivity contribution in [3.8, 4) is 5.75 Å². The van der Waals surface area contributed by atoms with Crippen LogP contribution in [0.15, 0.2) is 24.3 Å². The molecule has 0 aliphatic carbocycles. The molecule has 1 atom stereocenters. The van der Waals surface area contributed by atoms with E-state index in [9.17, 15) is 18.0 Å². The van der Waals surface area contributed by atoms with Crippen molar-refractivity contribution in [1.82, 2.24) is 4.90 Å². The van der Waals surface area contributed by atoms with Crippen LogP contribution in [-0.4, -0.2) is 48.5 Å². The highest BCUT2D eigenvalue weighted by Crippen LogP contribution is 2.27. The molecule has 0 aromatic heterocycles. The second-order valence-corrected chi connectivity index (χ2v) is 5.44. The van der Waals surface area contributed by atoms with Crippen molar-refractivity contribution in [2.24, 2.45) is 5.92 Å². The van der Waals surface area contributed by atoms with Gasteiger partial charge in [-0.2, -0.15) is 13.2 Å². The van der Waals surface area contributed by atoms with Crippen molar-refractivity contribution in [3.05, 3.63) is 24.3 Å². The third-order valence-corrected chi connectivity index (χ3v) is 3.63. The van der Waals surface area contributed by atoms with Crippen LogP contribution in [0, 0.1) is 5.92 Å². The van der Waals surface area contributed by atoms with Gasteiger partial charge in [-0.25, -0.2) is 4.79 Å². The Morgan fingerprint density at radius 2 is 2.13 bits per heavy atom. The van der Waals surface area contributed by atoms with E-state index in [2.05, 4.69) is 5.32 Å². The Morgan fingerprint density at radius 3 is 2.83 bits per heavy atom. The van der Waals surface area contributed by atoms with Gasteiger partial charge >= 0.3 is 12.2 Å². The van der Waals surface area contributed by atoms with Crippen molar-refractivity contribution in [1.29, 1.82) is 0 Å². The van der Waals surface area contributed by atoms with Crippen molar-refractivity contribution < 1.29 is 27.8 Å². The summed E-state index contributed by atoms with van der Waals surface area (Å²) in [5, 5.41) is 11.5. The first-order valence-electron chi connectivity index (χ1n) is 7.34. The number of urea groups is 1. The zero-order valence-corrected chi connectivity index (χ0v) is 12.5. The minimum atomic E-state index is -4.44. The Balaban J connectivity index is 1.96. The van der Waals surface area contributed by atoms with Crippen LogP contribution in [0.4, 0.5) is 23.7 Å². The van der Waals surface area contributed by atoms with E-state index >= 15 is 0 Å². The van der Waals surface area contributed by atoms with Gasteiger partial charge in [0.15, 0.2) is 6.61 Å². The Hall–Kier alpha value is -1.96. The number of nitrogens with one attached hydrogen (secondary N) is 1. The summed E-state index contributed by atoms with van der Waals surface area (Å²) in [6.07, 6.45) is -3.00. The Kier molecular flexibility index (Phi) is 5.70. The molecule has 1 unspecified atom stereocenters. The van der Waals surface area contributed by atoms with E-state index in [-0.39, 0.29) is 30.0 Å². The first kappa shape index (κ1) is 17.4. The summed E-state index contributed by atoms with van der Waals surface area (Å²) in [5.41, 5.74) is 0.201. The number of rotatable bonds is 5. The molecule has 1 aromatic carbocycles. The van der Waals surface area contributed by atoms with Gasteiger partial charge in [-0.15, -0.1) is 0 Å². The second kappa shape index (κ2) is 7.54. The molecule has 0 radical (unpaired) electrons. The van der Waals surface area contributed by atoms with Gasteiger partial charge in [-0.1, -0.05) is 12.1 Å². The largest absolute Gasteiger partial charge is 0.482 e. The smallest absolute Gasteiger partial charge is 0.422 e. The lowest BCUT2D eigenvalue weighted by Crippen LogP contribution is -2.33. The number of alkyl halides is 3. The van der Waals surface area contributed by atoms with Crippen LogP contribution < -0.4 is 10.1 Å². The van der Waals surface area contributed by atoms with E-state index in [0.29, 0.717) is 19.5 Å². The van der Waals surface area contributed by atoms with Crippen LogP contribution in [0.25, 0.3) is 0 Å². The fourth-order valence-electron chi connectivity index (χ4n) is 2.48. The van der Waals surface area contributed by atoms with Crippen molar-refractivity contribution in [2.45, 2.75) is 19.0 Å². The molecular weight excluding hydrogens is 313 g/mol. The lowest BCUT2D eigenvalue weighted by molar-refractivity contribution is -0.153. The number of amides is 2. The van der Waals surface area contributed by atoms with Crippen LogP contribution in [-0.2, 0) is 0 Å². The van der Waals surface area contributed by atoms with E-state index in [1.807, 2.05) is 0 Å². The second-order valence-electron chi connectivity index (χ2n) is 5.44. The van der Waals surface area contributed by atoms with E-state index in [1.54, 1.807) is 11.0 Å². The van der Waals surface area contributed by atoms with Crippen LogP contribution in [0.1, 0.15) is 12.8 Å². The normalized spacial score (nSPS) is 18.1. The maximum absolute atomic E-state index is 12.3. The lowest BCUT2D eigenvalue weighted by Gasteiger charge is -2.19. The number of hydrogen-bond acceptors (Lipinski definition) is 3. The van der Waals surface area contributed by atoms with Crippen molar-refractivity contribution >= 4 is 11.7 Å². The molecule has 1 aromatic rings. The van der Waals surface area contributed by atoms with Crippen molar-refractivity contribution in [3.63, 3.8) is 0 Å². The summed E-state index contributed by atoms with van der Waals surface area (Å²) in [6.45, 7) is -0.254. The molecular formula is C15H19F3N2O3. The number of nitrogens with zero attached hydrogens (tertiary/aromatic N) is 1. The zero-order valence-electron chi connectivity index (χ0n) is 12.5. The highest BCUT2D eigenvalue weighted by atomic mass is 19.4. The van der Waals surface area contributed by atoms with Gasteiger partial charge in [0.25, 0.3) is 0 Å². The average molecular weight is 332 g/mol. The Bertz CT molecular complexity index is 537. The van der Waals surface area contributed by atoms with E-state index < -0.39 is 12.8 Å². The molecule has 1 saturated heterocycles. The van der Waals surface area contributed by atoms with Gasteiger partial charge in [0.05, 0.1) is 5.69 Å². The number of hydrogen-bond donors (Lipinski definition) is 2. The number of halogens is 3. The minimum Gasteiger partial charge on any atom is -0.482 e. The molecule has 2 N–H and O–H groups in total. The number of para-hydroxylation sites is 2. The van der Waals surface area contributed by atoms with Gasteiger partial charge in [-0.05, 0) is 30.9 Å². The maximum Gasteiger partial charge on any atom is 0.422 e. The predicted octanol–water partition coefficient (Wildman–Crippen LogP) is 2.86. The fourth-order valence-corrected chi connectivity index (χ4v) is 2.48. The predicted molar refractivity (Wildman–Crippen MR) is 78.4 cm³/mol. The molecule has 1 fully saturated rings. The molecule has 2 rings (SSSR count). The molecule has 23 heavy (non-hydrogen) atoms. The number of aliphatic hydroxyl groups is 1. The van der Waals surface area contributed by atoms with Crippen molar-refractivity contribution in [2.75, 3.05) is 31.6 Å². The topological polar surface area (TPSA) is 61.8 Å². The maximum atomic E-state index is 12.3. The van der Waals surface area contributed by atoms with Crippen LogP contribution >= 0.6 is 0 Å². The van der Waals surface area contributed by atoms with Crippen LogP contribution in [0.2, 0.25) is 0 Å². The van der Waals surface area contributed by atoms with Gasteiger partial charge in [0, 0.05) is 19.7 Å². The number of carbonyl (C=O) groups is 1. The number of benzene rings is 1. The standard InChI is InChI=1S/C15H19F3N2O3/c16-15(17,18)10-23-13-4-2-1-3-12(13)19-14(22)20-7-5-11(9-20)6-8-21/h1-4,11,21H,5-10H2,(H,19,22). The fraction of sp³-hybridized carbons (Fsp3) is 0.533. The third kappa shape index (κ3) is 5.31. The van der Waals surface area contributed by atoms with Gasteiger partial charge in [0.2, 0.25) is 0 Å². The van der Waals surface area contributed by atoms with Gasteiger partial charge in [0.1, 0.15) is 5.75 Å². The third-order valence-electron chi connectivity index (χ3n) is 3.63. The summed E-state index contributed by atoms with van der Waals surface area (Å²) in [6, 6.07) is 5.63. The van der Waals surface area contributed by atoms with E-state index in [1.165, 1.54) is 18.2 Å². The summed E-state index contributed by atoms with van der Waals surface area (Å²) >= 11 is 0. The molecule has 128 valence electrons. The zero-order chi connectivity index (χ0) is 16.9. The number of aliphatic hydroxyl groups excluding tert-OH is 1.